The second-order valence-electron chi connectivity index (χ2n) is 2.80. The van der Waals surface area contributed by atoms with E-state index in [0.717, 1.165) is 21.8 Å². The first kappa shape index (κ1) is 9.00. The molecule has 0 spiro atoms. The fraction of sp³-hybridized carbons (Fsp3) is 0.500. The van der Waals surface area contributed by atoms with E-state index in [0.29, 0.717) is 0 Å². The molecule has 0 radical (unpaired) electrons. The van der Waals surface area contributed by atoms with Crippen LogP contribution in [-0.4, -0.2) is 6.61 Å². The maximum atomic E-state index is 6.10. The summed E-state index contributed by atoms with van der Waals surface area (Å²) in [5.41, 5.74) is 1.27. The van der Waals surface area contributed by atoms with Gasteiger partial charge in [-0.25, -0.2) is 0 Å². The zero-order chi connectivity index (χ0) is 8.72. The van der Waals surface area contributed by atoms with Crippen LogP contribution in [-0.2, 0) is 11.2 Å². The topological polar surface area (TPSA) is 9.23 Å². The van der Waals surface area contributed by atoms with Crippen molar-refractivity contribution in [2.45, 2.75) is 19.4 Å². The van der Waals surface area contributed by atoms with Gasteiger partial charge in [0, 0.05) is 4.88 Å². The van der Waals surface area contributed by atoms with Crippen LogP contribution in [0, 0.1) is 0 Å². The highest BCUT2D eigenvalue weighted by Crippen LogP contribution is 2.43. The molecule has 0 saturated heterocycles. The SMILES string of the molecule is CC1OCCc2c1sc(Br)c2Cl. The molecule has 1 aliphatic rings. The van der Waals surface area contributed by atoms with E-state index in [1.807, 2.05) is 0 Å². The summed E-state index contributed by atoms with van der Waals surface area (Å²) in [5, 5.41) is 0.880. The Bertz CT molecular complexity index is 310. The maximum Gasteiger partial charge on any atom is 0.0892 e. The molecule has 1 nitrogen and oxygen atoms in total. The fourth-order valence-corrected chi connectivity index (χ4v) is 3.50. The average molecular weight is 268 g/mol. The predicted octanol–water partition coefficient (Wildman–Crippen LogP) is 3.80. The van der Waals surface area contributed by atoms with Gasteiger partial charge in [0.25, 0.3) is 0 Å². The van der Waals surface area contributed by atoms with Gasteiger partial charge in [-0.2, -0.15) is 0 Å². The molecule has 0 N–H and O–H groups in total. The van der Waals surface area contributed by atoms with E-state index in [9.17, 15) is 0 Å². The second-order valence-corrected chi connectivity index (χ2v) is 5.54. The summed E-state index contributed by atoms with van der Waals surface area (Å²) in [6.45, 7) is 2.86. The Balaban J connectivity index is 2.52. The lowest BCUT2D eigenvalue weighted by Gasteiger charge is -2.19. The van der Waals surface area contributed by atoms with Crippen LogP contribution in [0.5, 0.6) is 0 Å². The predicted molar refractivity (Wildman–Crippen MR) is 55.1 cm³/mol. The summed E-state index contributed by atoms with van der Waals surface area (Å²) in [4.78, 5) is 1.28. The van der Waals surface area contributed by atoms with Crippen molar-refractivity contribution in [3.8, 4) is 0 Å². The number of fused-ring (bicyclic) bond motifs is 1. The quantitative estimate of drug-likeness (QED) is 0.695. The highest BCUT2D eigenvalue weighted by atomic mass is 79.9. The van der Waals surface area contributed by atoms with Gasteiger partial charge in [-0.05, 0) is 34.8 Å². The monoisotopic (exact) mass is 266 g/mol. The third-order valence-electron chi connectivity index (χ3n) is 2.02. The third kappa shape index (κ3) is 1.33. The Morgan fingerprint density at radius 2 is 2.42 bits per heavy atom. The first-order valence-corrected chi connectivity index (χ1v) is 5.77. The highest BCUT2D eigenvalue weighted by molar-refractivity contribution is 9.11. The summed E-state index contributed by atoms with van der Waals surface area (Å²) in [6, 6.07) is 0. The molecular weight excluding hydrogens is 260 g/mol. The van der Waals surface area contributed by atoms with Gasteiger partial charge in [0.2, 0.25) is 0 Å². The van der Waals surface area contributed by atoms with Crippen LogP contribution in [0.1, 0.15) is 23.5 Å². The molecular formula is C8H8BrClOS. The molecule has 12 heavy (non-hydrogen) atoms. The van der Waals surface area contributed by atoms with Crippen molar-refractivity contribution in [3.63, 3.8) is 0 Å². The number of thiophene rings is 1. The van der Waals surface area contributed by atoms with Gasteiger partial charge in [0.15, 0.2) is 0 Å². The number of ether oxygens (including phenoxy) is 1. The van der Waals surface area contributed by atoms with Gasteiger partial charge in [0.05, 0.1) is 21.5 Å². The fourth-order valence-electron chi connectivity index (χ4n) is 1.40. The molecule has 0 bridgehead atoms. The van der Waals surface area contributed by atoms with Gasteiger partial charge in [-0.3, -0.25) is 0 Å². The van der Waals surface area contributed by atoms with Crippen molar-refractivity contribution in [1.29, 1.82) is 0 Å². The molecule has 1 aromatic heterocycles. The Labute approximate surface area is 88.8 Å². The lowest BCUT2D eigenvalue weighted by Crippen LogP contribution is -2.11. The van der Waals surface area contributed by atoms with E-state index >= 15 is 0 Å². The minimum atomic E-state index is 0.211. The van der Waals surface area contributed by atoms with Gasteiger partial charge >= 0.3 is 0 Å². The highest BCUT2D eigenvalue weighted by Gasteiger charge is 2.23. The van der Waals surface area contributed by atoms with Gasteiger partial charge in [0.1, 0.15) is 0 Å². The van der Waals surface area contributed by atoms with E-state index < -0.39 is 0 Å². The van der Waals surface area contributed by atoms with Crippen molar-refractivity contribution in [3.05, 3.63) is 19.2 Å². The molecule has 0 aromatic carbocycles. The summed E-state index contributed by atoms with van der Waals surface area (Å²) < 4.78 is 6.54. The number of rotatable bonds is 0. The molecule has 4 heteroatoms. The lowest BCUT2D eigenvalue weighted by molar-refractivity contribution is 0.0586. The molecule has 66 valence electrons. The standard InChI is InChI=1S/C8H8BrClOS/c1-4-7-5(2-3-11-4)6(10)8(9)12-7/h4H,2-3H2,1H3. The van der Waals surface area contributed by atoms with Crippen LogP contribution >= 0.6 is 38.9 Å². The first-order valence-electron chi connectivity index (χ1n) is 3.78. The minimum absolute atomic E-state index is 0.211. The number of halogens is 2. The molecule has 2 heterocycles. The van der Waals surface area contributed by atoms with E-state index in [4.69, 9.17) is 16.3 Å². The average Bonchev–Trinajstić information content (AvgIpc) is 2.32. The Morgan fingerprint density at radius 1 is 1.67 bits per heavy atom. The molecule has 1 aliphatic heterocycles. The van der Waals surface area contributed by atoms with Crippen molar-refractivity contribution in [2.24, 2.45) is 0 Å². The van der Waals surface area contributed by atoms with E-state index in [2.05, 4.69) is 22.9 Å². The molecule has 1 atom stereocenters. The Kier molecular flexibility index (Phi) is 2.47. The number of hydrogen-bond donors (Lipinski definition) is 0. The smallest absolute Gasteiger partial charge is 0.0892 e. The lowest BCUT2D eigenvalue weighted by atomic mass is 10.1. The summed E-state index contributed by atoms with van der Waals surface area (Å²) >= 11 is 11.2. The van der Waals surface area contributed by atoms with Crippen LogP contribution in [0.25, 0.3) is 0 Å². The van der Waals surface area contributed by atoms with Crippen LogP contribution < -0.4 is 0 Å². The van der Waals surface area contributed by atoms with Crippen LogP contribution in [0.3, 0.4) is 0 Å². The Hall–Kier alpha value is 0.430. The maximum absolute atomic E-state index is 6.10. The first-order chi connectivity index (χ1) is 5.70. The molecule has 0 aliphatic carbocycles. The van der Waals surface area contributed by atoms with Crippen molar-refractivity contribution >= 4 is 38.9 Å². The molecule has 0 saturated carbocycles. The second kappa shape index (κ2) is 3.29. The molecule has 1 aromatic rings. The normalized spacial score (nSPS) is 22.4. The van der Waals surface area contributed by atoms with E-state index in [1.54, 1.807) is 11.3 Å². The Morgan fingerprint density at radius 3 is 3.08 bits per heavy atom. The summed E-state index contributed by atoms with van der Waals surface area (Å²) in [5.74, 6) is 0. The van der Waals surface area contributed by atoms with Crippen molar-refractivity contribution in [1.82, 2.24) is 0 Å². The van der Waals surface area contributed by atoms with E-state index in [-0.39, 0.29) is 6.10 Å². The van der Waals surface area contributed by atoms with Gasteiger partial charge in [-0.15, -0.1) is 11.3 Å². The molecule has 0 amide bonds. The third-order valence-corrected chi connectivity index (χ3v) is 4.84. The van der Waals surface area contributed by atoms with Crippen LogP contribution in [0.15, 0.2) is 3.79 Å². The minimum Gasteiger partial charge on any atom is -0.373 e. The largest absolute Gasteiger partial charge is 0.373 e. The summed E-state index contributed by atoms with van der Waals surface area (Å²) in [6.07, 6.45) is 1.16. The van der Waals surface area contributed by atoms with Crippen LogP contribution in [0.2, 0.25) is 5.02 Å². The van der Waals surface area contributed by atoms with E-state index in [1.165, 1.54) is 10.4 Å². The van der Waals surface area contributed by atoms with Crippen molar-refractivity contribution in [2.75, 3.05) is 6.61 Å². The summed E-state index contributed by atoms with van der Waals surface area (Å²) in [7, 11) is 0. The zero-order valence-corrected chi connectivity index (χ0v) is 9.72. The van der Waals surface area contributed by atoms with Crippen LogP contribution in [0.4, 0.5) is 0 Å². The molecule has 0 fully saturated rings. The van der Waals surface area contributed by atoms with Gasteiger partial charge < -0.3 is 4.74 Å². The molecule has 2 rings (SSSR count). The molecule has 1 unspecified atom stereocenters. The van der Waals surface area contributed by atoms with Gasteiger partial charge in [-0.1, -0.05) is 11.6 Å². The van der Waals surface area contributed by atoms with Crippen molar-refractivity contribution < 1.29 is 4.74 Å². The number of hydrogen-bond acceptors (Lipinski definition) is 2. The zero-order valence-electron chi connectivity index (χ0n) is 6.56.